The molecular formula is C20H28N4OS. The van der Waals surface area contributed by atoms with Crippen molar-refractivity contribution in [1.29, 1.82) is 0 Å². The molecular weight excluding hydrogens is 344 g/mol. The van der Waals surface area contributed by atoms with Crippen LogP contribution in [0.3, 0.4) is 0 Å². The van der Waals surface area contributed by atoms with E-state index in [9.17, 15) is 4.79 Å². The maximum atomic E-state index is 12.7. The van der Waals surface area contributed by atoms with Gasteiger partial charge in [0.2, 0.25) is 0 Å². The van der Waals surface area contributed by atoms with E-state index in [4.69, 9.17) is 0 Å². The maximum absolute atomic E-state index is 12.7. The highest BCUT2D eigenvalue weighted by Crippen LogP contribution is 2.24. The third-order valence-corrected chi connectivity index (χ3v) is 6.41. The average Bonchev–Trinajstić information content (AvgIpc) is 3.28. The molecule has 5 nitrogen and oxygen atoms in total. The van der Waals surface area contributed by atoms with Gasteiger partial charge in [-0.1, -0.05) is 0 Å². The van der Waals surface area contributed by atoms with Crippen LogP contribution in [-0.2, 0) is 0 Å². The van der Waals surface area contributed by atoms with Gasteiger partial charge in [0.15, 0.2) is 0 Å². The van der Waals surface area contributed by atoms with Crippen LogP contribution >= 0.6 is 11.8 Å². The topological polar surface area (TPSA) is 51.4 Å². The number of aromatic nitrogens is 1. The monoisotopic (exact) mass is 372 g/mol. The molecule has 0 saturated carbocycles. The van der Waals surface area contributed by atoms with E-state index in [1.807, 2.05) is 22.7 Å². The lowest BCUT2D eigenvalue weighted by molar-refractivity contribution is 0.0767. The predicted molar refractivity (Wildman–Crippen MR) is 110 cm³/mol. The molecule has 6 heteroatoms. The molecule has 0 aliphatic carbocycles. The minimum atomic E-state index is 0.124. The fourth-order valence-electron chi connectivity index (χ4n) is 3.88. The lowest BCUT2D eigenvalue weighted by atomic mass is 10.2. The third kappa shape index (κ3) is 3.71. The van der Waals surface area contributed by atoms with E-state index in [1.54, 1.807) is 0 Å². The molecule has 2 fully saturated rings. The number of rotatable bonds is 4. The number of hydrogen-bond donors (Lipinski definition) is 2. The van der Waals surface area contributed by atoms with Gasteiger partial charge in [0.25, 0.3) is 5.91 Å². The minimum absolute atomic E-state index is 0.124. The highest BCUT2D eigenvalue weighted by atomic mass is 32.2. The fourth-order valence-corrected chi connectivity index (χ4v) is 4.79. The minimum Gasteiger partial charge on any atom is -0.381 e. The Morgan fingerprint density at radius 2 is 2.04 bits per heavy atom. The van der Waals surface area contributed by atoms with Crippen molar-refractivity contribution < 1.29 is 4.79 Å². The Kier molecular flexibility index (Phi) is 5.14. The first-order valence-electron chi connectivity index (χ1n) is 9.60. The summed E-state index contributed by atoms with van der Waals surface area (Å²) in [5.74, 6) is 2.20. The molecule has 2 N–H and O–H groups in total. The summed E-state index contributed by atoms with van der Waals surface area (Å²) < 4.78 is 0. The van der Waals surface area contributed by atoms with Gasteiger partial charge in [-0.05, 0) is 44.5 Å². The van der Waals surface area contributed by atoms with E-state index in [-0.39, 0.29) is 5.91 Å². The standard InChI is InChI=1S/C20H28N4OS/c1-14(2)24-6-5-17(13-24)21-16-3-4-18-15(11-16)12-19(22-18)20(25)23-7-9-26-10-8-23/h3-4,11-12,14,17,21-22H,5-10,13H2,1-2H3. The molecule has 3 heterocycles. The van der Waals surface area contributed by atoms with E-state index in [2.05, 4.69) is 47.2 Å². The van der Waals surface area contributed by atoms with Crippen LogP contribution in [0.1, 0.15) is 30.8 Å². The molecule has 1 aromatic carbocycles. The zero-order valence-corrected chi connectivity index (χ0v) is 16.4. The normalized spacial score (nSPS) is 21.7. The zero-order valence-electron chi connectivity index (χ0n) is 15.6. The summed E-state index contributed by atoms with van der Waals surface area (Å²) >= 11 is 1.92. The molecule has 1 aromatic heterocycles. The highest BCUT2D eigenvalue weighted by molar-refractivity contribution is 7.99. The number of fused-ring (bicyclic) bond motifs is 1. The van der Waals surface area contributed by atoms with E-state index in [0.29, 0.717) is 17.8 Å². The summed E-state index contributed by atoms with van der Waals surface area (Å²) in [7, 11) is 0. The molecule has 1 amide bonds. The van der Waals surface area contributed by atoms with Crippen molar-refractivity contribution in [1.82, 2.24) is 14.8 Å². The van der Waals surface area contributed by atoms with Crippen molar-refractivity contribution in [3.8, 4) is 0 Å². The van der Waals surface area contributed by atoms with Gasteiger partial charge < -0.3 is 15.2 Å². The molecule has 0 bridgehead atoms. The average molecular weight is 373 g/mol. The molecule has 0 spiro atoms. The molecule has 26 heavy (non-hydrogen) atoms. The number of H-pyrrole nitrogens is 1. The number of thioether (sulfide) groups is 1. The summed E-state index contributed by atoms with van der Waals surface area (Å²) in [6.45, 7) is 8.47. The first-order chi connectivity index (χ1) is 12.6. The van der Waals surface area contributed by atoms with Crippen LogP contribution in [0.5, 0.6) is 0 Å². The Morgan fingerprint density at radius 3 is 2.77 bits per heavy atom. The van der Waals surface area contributed by atoms with E-state index in [0.717, 1.165) is 54.3 Å². The van der Waals surface area contributed by atoms with Gasteiger partial charge in [-0.3, -0.25) is 9.69 Å². The van der Waals surface area contributed by atoms with Crippen molar-refractivity contribution in [2.45, 2.75) is 32.4 Å². The second-order valence-corrected chi connectivity index (χ2v) is 8.83. The summed E-state index contributed by atoms with van der Waals surface area (Å²) in [4.78, 5) is 20.5. The van der Waals surface area contributed by atoms with Gasteiger partial charge in [-0.15, -0.1) is 0 Å². The highest BCUT2D eigenvalue weighted by Gasteiger charge is 2.24. The van der Waals surface area contributed by atoms with Crippen LogP contribution in [0, 0.1) is 0 Å². The molecule has 2 aliphatic rings. The molecule has 1 unspecified atom stereocenters. The summed E-state index contributed by atoms with van der Waals surface area (Å²) in [5, 5.41) is 4.77. The number of hydrogen-bond acceptors (Lipinski definition) is 4. The summed E-state index contributed by atoms with van der Waals surface area (Å²) in [6, 6.07) is 9.46. The van der Waals surface area contributed by atoms with Crippen molar-refractivity contribution in [3.05, 3.63) is 30.0 Å². The second kappa shape index (κ2) is 7.53. The Hall–Kier alpha value is -1.66. The van der Waals surface area contributed by atoms with Gasteiger partial charge in [0.05, 0.1) is 0 Å². The number of carbonyl (C=O) groups is 1. The van der Waals surface area contributed by atoms with Crippen molar-refractivity contribution >= 4 is 34.3 Å². The largest absolute Gasteiger partial charge is 0.381 e. The zero-order chi connectivity index (χ0) is 18.1. The maximum Gasteiger partial charge on any atom is 0.270 e. The number of carbonyl (C=O) groups excluding carboxylic acids is 1. The van der Waals surface area contributed by atoms with Gasteiger partial charge in [0.1, 0.15) is 5.69 Å². The molecule has 2 aromatic rings. The van der Waals surface area contributed by atoms with Crippen LogP contribution in [0.2, 0.25) is 0 Å². The molecule has 140 valence electrons. The lowest BCUT2D eigenvalue weighted by Gasteiger charge is -2.25. The number of aromatic amines is 1. The van der Waals surface area contributed by atoms with E-state index >= 15 is 0 Å². The Morgan fingerprint density at radius 1 is 1.23 bits per heavy atom. The Balaban J connectivity index is 1.46. The number of anilines is 1. The molecule has 4 rings (SSSR count). The van der Waals surface area contributed by atoms with Crippen LogP contribution in [0.4, 0.5) is 5.69 Å². The van der Waals surface area contributed by atoms with Gasteiger partial charge >= 0.3 is 0 Å². The lowest BCUT2D eigenvalue weighted by Crippen LogP contribution is -2.38. The van der Waals surface area contributed by atoms with Crippen LogP contribution < -0.4 is 5.32 Å². The number of nitrogens with one attached hydrogen (secondary N) is 2. The van der Waals surface area contributed by atoms with Crippen LogP contribution in [0.25, 0.3) is 10.9 Å². The first kappa shape index (κ1) is 17.7. The van der Waals surface area contributed by atoms with Gasteiger partial charge in [-0.25, -0.2) is 0 Å². The Bertz CT molecular complexity index is 781. The molecule has 1 atom stereocenters. The molecule has 2 aliphatic heterocycles. The summed E-state index contributed by atoms with van der Waals surface area (Å²) in [5.41, 5.74) is 2.87. The number of amides is 1. The third-order valence-electron chi connectivity index (χ3n) is 5.47. The number of nitrogens with zero attached hydrogens (tertiary/aromatic N) is 2. The van der Waals surface area contributed by atoms with Crippen LogP contribution in [-0.4, -0.2) is 70.5 Å². The van der Waals surface area contributed by atoms with Gasteiger partial charge in [0, 0.05) is 66.4 Å². The first-order valence-corrected chi connectivity index (χ1v) is 10.8. The van der Waals surface area contributed by atoms with Crippen molar-refractivity contribution in [3.63, 3.8) is 0 Å². The van der Waals surface area contributed by atoms with Crippen LogP contribution in [0.15, 0.2) is 24.3 Å². The molecule has 2 saturated heterocycles. The predicted octanol–water partition coefficient (Wildman–Crippen LogP) is 3.25. The Labute approximate surface area is 159 Å². The van der Waals surface area contributed by atoms with E-state index in [1.165, 1.54) is 6.42 Å². The fraction of sp³-hybridized carbons (Fsp3) is 0.550. The SMILES string of the molecule is CC(C)N1CCC(Nc2ccc3[nH]c(C(=O)N4CCSCC4)cc3c2)C1. The smallest absolute Gasteiger partial charge is 0.270 e. The quantitative estimate of drug-likeness (QED) is 0.865. The van der Waals surface area contributed by atoms with Crippen molar-refractivity contribution in [2.75, 3.05) is 43.0 Å². The second-order valence-electron chi connectivity index (χ2n) is 7.61. The number of likely N-dealkylation sites (tertiary alicyclic amines) is 1. The molecule has 0 radical (unpaired) electrons. The van der Waals surface area contributed by atoms with Crippen molar-refractivity contribution in [2.24, 2.45) is 0 Å². The number of benzene rings is 1. The van der Waals surface area contributed by atoms with Gasteiger partial charge in [-0.2, -0.15) is 11.8 Å². The summed E-state index contributed by atoms with van der Waals surface area (Å²) in [6.07, 6.45) is 1.18. The van der Waals surface area contributed by atoms with E-state index < -0.39 is 0 Å².